The van der Waals surface area contributed by atoms with E-state index >= 15 is 0 Å². The number of rotatable bonds is 6. The van der Waals surface area contributed by atoms with Gasteiger partial charge in [0.1, 0.15) is 12.1 Å². The summed E-state index contributed by atoms with van der Waals surface area (Å²) in [7, 11) is 0. The molecule has 6 nitrogen and oxygen atoms in total. The van der Waals surface area contributed by atoms with Crippen LogP contribution < -0.4 is 10.6 Å². The van der Waals surface area contributed by atoms with Gasteiger partial charge in [0.15, 0.2) is 5.96 Å². The van der Waals surface area contributed by atoms with E-state index < -0.39 is 0 Å². The lowest BCUT2D eigenvalue weighted by atomic mass is 10.2. The summed E-state index contributed by atoms with van der Waals surface area (Å²) in [4.78, 5) is 13.1. The molecule has 1 aromatic carbocycles. The average Bonchev–Trinajstić information content (AvgIpc) is 3.20. The summed E-state index contributed by atoms with van der Waals surface area (Å²) in [6.07, 6.45) is 7.12. The molecule has 2 heterocycles. The maximum Gasteiger partial charge on any atom is 0.191 e. The van der Waals surface area contributed by atoms with Crippen molar-refractivity contribution in [1.82, 2.24) is 25.2 Å². The molecule has 0 aliphatic heterocycles. The number of hydrogen-bond acceptors (Lipinski definition) is 3. The Hall–Kier alpha value is -1.84. The van der Waals surface area contributed by atoms with E-state index in [1.54, 1.807) is 18.6 Å². The lowest BCUT2D eigenvalue weighted by molar-refractivity contribution is 0.815. The molecule has 0 atom stereocenters. The number of benzene rings is 1. The second-order valence-corrected chi connectivity index (χ2v) is 6.62. The normalized spacial score (nSPS) is 11.0. The zero-order valence-electron chi connectivity index (χ0n) is 15.3. The Bertz CT molecular complexity index is 897. The average molecular weight is 531 g/mol. The fraction of sp³-hybridized carbons (Fsp3) is 0.211. The van der Waals surface area contributed by atoms with Gasteiger partial charge in [-0.15, -0.1) is 24.0 Å². The molecule has 0 radical (unpaired) electrons. The van der Waals surface area contributed by atoms with Gasteiger partial charge >= 0.3 is 0 Å². The Kier molecular flexibility index (Phi) is 9.01. The van der Waals surface area contributed by atoms with Crippen LogP contribution >= 0.6 is 47.2 Å². The maximum absolute atomic E-state index is 6.22. The quantitative estimate of drug-likeness (QED) is 0.281. The van der Waals surface area contributed by atoms with Crippen molar-refractivity contribution in [1.29, 1.82) is 0 Å². The molecule has 2 N–H and O–H groups in total. The molecule has 148 valence electrons. The van der Waals surface area contributed by atoms with Crippen LogP contribution in [-0.2, 0) is 13.1 Å². The van der Waals surface area contributed by atoms with Crippen LogP contribution in [0.4, 0.5) is 0 Å². The highest BCUT2D eigenvalue weighted by Gasteiger charge is 2.04. The zero-order valence-corrected chi connectivity index (χ0v) is 19.1. The van der Waals surface area contributed by atoms with Gasteiger partial charge in [-0.25, -0.2) is 15.0 Å². The molecule has 3 rings (SSSR count). The highest BCUT2D eigenvalue weighted by atomic mass is 127. The summed E-state index contributed by atoms with van der Waals surface area (Å²) in [5, 5.41) is 7.76. The van der Waals surface area contributed by atoms with Crippen molar-refractivity contribution in [2.24, 2.45) is 4.99 Å². The van der Waals surface area contributed by atoms with Crippen LogP contribution in [0.5, 0.6) is 0 Å². The van der Waals surface area contributed by atoms with Crippen LogP contribution in [0.2, 0.25) is 10.0 Å². The van der Waals surface area contributed by atoms with Crippen molar-refractivity contribution in [3.8, 4) is 5.82 Å². The maximum atomic E-state index is 6.22. The smallest absolute Gasteiger partial charge is 0.191 e. The van der Waals surface area contributed by atoms with Crippen molar-refractivity contribution in [3.63, 3.8) is 0 Å². The first kappa shape index (κ1) is 22.4. The van der Waals surface area contributed by atoms with Gasteiger partial charge in [-0.3, -0.25) is 4.57 Å². The number of guanidine groups is 1. The van der Waals surface area contributed by atoms with E-state index in [0.29, 0.717) is 29.1 Å². The van der Waals surface area contributed by atoms with Crippen molar-refractivity contribution in [2.45, 2.75) is 20.0 Å². The Balaban J connectivity index is 0.00000280. The molecule has 0 saturated carbocycles. The lowest BCUT2D eigenvalue weighted by Crippen LogP contribution is -2.36. The van der Waals surface area contributed by atoms with Crippen LogP contribution in [0, 0.1) is 0 Å². The fourth-order valence-electron chi connectivity index (χ4n) is 2.41. The Labute approximate surface area is 191 Å². The fourth-order valence-corrected chi connectivity index (χ4v) is 2.89. The SMILES string of the molecule is CCNC(=NCc1ccc(-n2ccnc2)nc1)NCc1ccc(Cl)cc1Cl.I. The summed E-state index contributed by atoms with van der Waals surface area (Å²) in [6, 6.07) is 9.41. The van der Waals surface area contributed by atoms with Crippen LogP contribution in [0.3, 0.4) is 0 Å². The first-order chi connectivity index (χ1) is 13.2. The second kappa shape index (κ2) is 11.2. The van der Waals surface area contributed by atoms with Gasteiger partial charge in [0.05, 0.1) is 6.54 Å². The minimum Gasteiger partial charge on any atom is -0.357 e. The number of nitrogens with one attached hydrogen (secondary N) is 2. The molecular formula is C19H21Cl2IN6. The highest BCUT2D eigenvalue weighted by molar-refractivity contribution is 14.0. The standard InChI is InChI=1S/C19H20Cl2N6.HI/c1-2-23-19(26-12-15-4-5-16(20)9-17(15)21)25-11-14-3-6-18(24-10-14)27-8-7-22-13-27;/h3-10,13H,2,11-12H2,1H3,(H2,23,25,26);1H. The molecule has 0 unspecified atom stereocenters. The van der Waals surface area contributed by atoms with Crippen molar-refractivity contribution in [2.75, 3.05) is 6.54 Å². The monoisotopic (exact) mass is 530 g/mol. The minimum absolute atomic E-state index is 0. The predicted molar refractivity (Wildman–Crippen MR) is 125 cm³/mol. The summed E-state index contributed by atoms with van der Waals surface area (Å²) < 4.78 is 1.86. The molecule has 0 aliphatic rings. The van der Waals surface area contributed by atoms with E-state index in [1.807, 2.05) is 48.1 Å². The number of halogens is 3. The first-order valence-electron chi connectivity index (χ1n) is 8.55. The predicted octanol–water partition coefficient (Wildman–Crippen LogP) is 4.45. The van der Waals surface area contributed by atoms with Gasteiger partial charge < -0.3 is 10.6 Å². The van der Waals surface area contributed by atoms with Crippen LogP contribution in [-0.4, -0.2) is 27.0 Å². The number of aliphatic imine (C=N–C) groups is 1. The van der Waals surface area contributed by atoms with Gasteiger partial charge in [-0.05, 0) is 36.2 Å². The molecule has 0 amide bonds. The number of nitrogens with zero attached hydrogens (tertiary/aromatic N) is 4. The minimum atomic E-state index is 0. The van der Waals surface area contributed by atoms with E-state index in [0.717, 1.165) is 23.5 Å². The van der Waals surface area contributed by atoms with E-state index in [9.17, 15) is 0 Å². The van der Waals surface area contributed by atoms with E-state index in [-0.39, 0.29) is 24.0 Å². The van der Waals surface area contributed by atoms with Crippen molar-refractivity contribution >= 4 is 53.1 Å². The lowest BCUT2D eigenvalue weighted by Gasteiger charge is -2.12. The second-order valence-electron chi connectivity index (χ2n) is 5.78. The number of pyridine rings is 1. The number of imidazole rings is 1. The topological polar surface area (TPSA) is 67.1 Å². The molecule has 0 bridgehead atoms. The third-order valence-electron chi connectivity index (χ3n) is 3.80. The van der Waals surface area contributed by atoms with Gasteiger partial charge in [0.25, 0.3) is 0 Å². The van der Waals surface area contributed by atoms with Gasteiger partial charge in [0, 0.05) is 41.7 Å². The van der Waals surface area contributed by atoms with Crippen LogP contribution in [0.15, 0.2) is 60.2 Å². The molecule has 9 heteroatoms. The molecule has 0 saturated heterocycles. The van der Waals surface area contributed by atoms with E-state index in [1.165, 1.54) is 0 Å². The Morgan fingerprint density at radius 1 is 1.18 bits per heavy atom. The van der Waals surface area contributed by atoms with Gasteiger partial charge in [-0.2, -0.15) is 0 Å². The zero-order chi connectivity index (χ0) is 19.1. The molecule has 0 fully saturated rings. The Morgan fingerprint density at radius 2 is 2.04 bits per heavy atom. The molecule has 0 aliphatic carbocycles. The molecule has 0 spiro atoms. The van der Waals surface area contributed by atoms with Crippen LogP contribution in [0.25, 0.3) is 5.82 Å². The number of aromatic nitrogens is 3. The first-order valence-corrected chi connectivity index (χ1v) is 9.30. The molecular weight excluding hydrogens is 510 g/mol. The summed E-state index contributed by atoms with van der Waals surface area (Å²) in [5.74, 6) is 1.53. The van der Waals surface area contributed by atoms with E-state index in [2.05, 4.69) is 25.6 Å². The number of hydrogen-bond donors (Lipinski definition) is 2. The summed E-state index contributed by atoms with van der Waals surface area (Å²) in [5.41, 5.74) is 1.97. The van der Waals surface area contributed by atoms with Crippen LogP contribution in [0.1, 0.15) is 18.1 Å². The molecule has 3 aromatic rings. The van der Waals surface area contributed by atoms with Crippen molar-refractivity contribution < 1.29 is 0 Å². The third-order valence-corrected chi connectivity index (χ3v) is 4.39. The van der Waals surface area contributed by atoms with Gasteiger partial charge in [-0.1, -0.05) is 35.3 Å². The Morgan fingerprint density at radius 3 is 2.68 bits per heavy atom. The third kappa shape index (κ3) is 6.35. The van der Waals surface area contributed by atoms with Crippen molar-refractivity contribution in [3.05, 3.63) is 76.4 Å². The molecule has 28 heavy (non-hydrogen) atoms. The van der Waals surface area contributed by atoms with E-state index in [4.69, 9.17) is 23.2 Å². The van der Waals surface area contributed by atoms with Gasteiger partial charge in [0.2, 0.25) is 0 Å². The highest BCUT2D eigenvalue weighted by Crippen LogP contribution is 2.20. The molecule has 2 aromatic heterocycles. The summed E-state index contributed by atoms with van der Waals surface area (Å²) in [6.45, 7) is 3.85. The largest absolute Gasteiger partial charge is 0.357 e. The summed E-state index contributed by atoms with van der Waals surface area (Å²) >= 11 is 12.2.